The van der Waals surface area contributed by atoms with Gasteiger partial charge in [0.2, 0.25) is 0 Å². The largest absolute Gasteiger partial charge is 0.481 e. The Morgan fingerprint density at radius 2 is 1.53 bits per heavy atom. The van der Waals surface area contributed by atoms with Crippen LogP contribution in [0.25, 0.3) is 28.5 Å². The Labute approximate surface area is 216 Å². The summed E-state index contributed by atoms with van der Waals surface area (Å²) in [7, 11) is 0. The Morgan fingerprint density at radius 1 is 0.974 bits per heavy atom. The van der Waals surface area contributed by atoms with E-state index in [4.69, 9.17) is 4.52 Å². The van der Waals surface area contributed by atoms with E-state index >= 15 is 0 Å². The van der Waals surface area contributed by atoms with Crippen molar-refractivity contribution < 1.29 is 32.7 Å². The van der Waals surface area contributed by atoms with Crippen molar-refractivity contribution in [1.29, 1.82) is 0 Å². The second-order valence-electron chi connectivity index (χ2n) is 9.51. The molecule has 1 aliphatic rings. The molecule has 2 N–H and O–H groups in total. The summed E-state index contributed by atoms with van der Waals surface area (Å²) < 4.78 is 48.3. The number of aliphatic hydroxyl groups excluding tert-OH is 1. The van der Waals surface area contributed by atoms with E-state index in [2.05, 4.69) is 5.16 Å². The first-order valence-corrected chi connectivity index (χ1v) is 12.0. The van der Waals surface area contributed by atoms with Gasteiger partial charge < -0.3 is 14.7 Å². The first kappa shape index (κ1) is 25.5. The number of aliphatic hydroxyl groups is 1. The van der Waals surface area contributed by atoms with Crippen LogP contribution in [0.4, 0.5) is 13.2 Å². The lowest BCUT2D eigenvalue weighted by Crippen LogP contribution is -2.24. The zero-order chi connectivity index (χ0) is 27.1. The molecule has 8 heteroatoms. The van der Waals surface area contributed by atoms with Crippen LogP contribution in [-0.4, -0.2) is 27.3 Å². The number of halogens is 3. The normalized spacial score (nSPS) is 15.5. The molecule has 1 aliphatic carbocycles. The molecule has 38 heavy (non-hydrogen) atoms. The molecular weight excluding hydrogens is 495 g/mol. The maximum Gasteiger partial charge on any atom is 0.314 e. The van der Waals surface area contributed by atoms with Crippen LogP contribution < -0.4 is 0 Å². The van der Waals surface area contributed by atoms with E-state index in [1.165, 1.54) is 19.1 Å². The summed E-state index contributed by atoms with van der Waals surface area (Å²) >= 11 is 0. The van der Waals surface area contributed by atoms with Crippen LogP contribution in [0.1, 0.15) is 41.3 Å². The standard InChI is InChI=1S/C30H24F3NO4/c1-18-25(27(35)30(32,33)15-14-19-2-12-24(31)13-3-19)26(38-34-18)22-6-4-20(5-7-22)21-8-10-23(11-9-21)29(16-17-29)28(36)37/h2-15,27,35H,16-17H2,1H3,(H,36,37)/b15-14+. The van der Waals surface area contributed by atoms with Gasteiger partial charge in [-0.25, -0.2) is 4.39 Å². The summed E-state index contributed by atoms with van der Waals surface area (Å²) in [5.41, 5.74) is 2.53. The Bertz CT molecular complexity index is 1490. The molecule has 0 bridgehead atoms. The Kier molecular flexibility index (Phi) is 6.44. The number of alkyl halides is 2. The number of aryl methyl sites for hydroxylation is 1. The van der Waals surface area contributed by atoms with E-state index < -0.39 is 29.2 Å². The minimum Gasteiger partial charge on any atom is -0.481 e. The number of hydrogen-bond donors (Lipinski definition) is 2. The third kappa shape index (κ3) is 4.75. The first-order valence-electron chi connectivity index (χ1n) is 12.0. The lowest BCUT2D eigenvalue weighted by Gasteiger charge is -2.19. The maximum absolute atomic E-state index is 15.0. The van der Waals surface area contributed by atoms with Crippen molar-refractivity contribution in [1.82, 2.24) is 5.16 Å². The minimum atomic E-state index is -3.66. The number of hydrogen-bond acceptors (Lipinski definition) is 4. The minimum absolute atomic E-state index is 0.0314. The summed E-state index contributed by atoms with van der Waals surface area (Å²) in [5, 5.41) is 23.9. The monoisotopic (exact) mass is 519 g/mol. The smallest absolute Gasteiger partial charge is 0.314 e. The number of benzene rings is 3. The molecule has 0 aliphatic heterocycles. The molecule has 1 unspecified atom stereocenters. The summed E-state index contributed by atoms with van der Waals surface area (Å²) in [5.74, 6) is -4.92. The first-order chi connectivity index (χ1) is 18.1. The van der Waals surface area contributed by atoms with Crippen LogP contribution in [0.3, 0.4) is 0 Å². The molecule has 1 fully saturated rings. The van der Waals surface area contributed by atoms with E-state index in [-0.39, 0.29) is 17.0 Å². The van der Waals surface area contributed by atoms with Gasteiger partial charge in [-0.2, -0.15) is 8.78 Å². The highest BCUT2D eigenvalue weighted by molar-refractivity contribution is 5.85. The number of carboxylic acids is 1. The highest BCUT2D eigenvalue weighted by Crippen LogP contribution is 2.48. The average molecular weight is 520 g/mol. The number of aromatic nitrogens is 1. The molecule has 0 spiro atoms. The quantitative estimate of drug-likeness (QED) is 0.263. The zero-order valence-electron chi connectivity index (χ0n) is 20.4. The van der Waals surface area contributed by atoms with Crippen LogP contribution >= 0.6 is 0 Å². The van der Waals surface area contributed by atoms with Gasteiger partial charge in [0.25, 0.3) is 5.92 Å². The van der Waals surface area contributed by atoms with Gasteiger partial charge in [-0.1, -0.05) is 71.9 Å². The van der Waals surface area contributed by atoms with Crippen molar-refractivity contribution >= 4 is 12.0 Å². The van der Waals surface area contributed by atoms with Crippen LogP contribution in [0.15, 0.2) is 83.4 Å². The average Bonchev–Trinajstić information content (AvgIpc) is 3.65. The van der Waals surface area contributed by atoms with Crippen LogP contribution in [0.5, 0.6) is 0 Å². The molecule has 1 heterocycles. The third-order valence-corrected chi connectivity index (χ3v) is 6.99. The highest BCUT2D eigenvalue weighted by atomic mass is 19.3. The SMILES string of the molecule is Cc1noc(-c2ccc(-c3ccc(C4(C(=O)O)CC4)cc3)cc2)c1C(O)C(F)(F)/C=C/c1ccc(F)cc1. The van der Waals surface area contributed by atoms with Crippen molar-refractivity contribution in [2.45, 2.75) is 37.2 Å². The number of carbonyl (C=O) groups is 1. The molecule has 0 radical (unpaired) electrons. The molecule has 194 valence electrons. The maximum atomic E-state index is 15.0. The van der Waals surface area contributed by atoms with Crippen molar-refractivity contribution in [3.05, 3.63) is 107 Å². The Balaban J connectivity index is 1.37. The molecule has 1 aromatic heterocycles. The van der Waals surface area contributed by atoms with Crippen molar-refractivity contribution in [2.75, 3.05) is 0 Å². The molecule has 0 saturated heterocycles. The van der Waals surface area contributed by atoms with E-state index in [1.54, 1.807) is 24.3 Å². The van der Waals surface area contributed by atoms with Crippen LogP contribution in [-0.2, 0) is 10.2 Å². The molecule has 1 atom stereocenters. The fourth-order valence-corrected chi connectivity index (χ4v) is 4.52. The Hall–Kier alpha value is -4.17. The summed E-state index contributed by atoms with van der Waals surface area (Å²) in [4.78, 5) is 11.6. The zero-order valence-corrected chi connectivity index (χ0v) is 20.4. The molecule has 5 rings (SSSR count). The van der Waals surface area contributed by atoms with Gasteiger partial charge in [0.1, 0.15) is 5.82 Å². The predicted octanol–water partition coefficient (Wildman–Crippen LogP) is 6.95. The van der Waals surface area contributed by atoms with Gasteiger partial charge >= 0.3 is 5.97 Å². The predicted molar refractivity (Wildman–Crippen MR) is 136 cm³/mol. The Morgan fingerprint density at radius 3 is 2.08 bits per heavy atom. The lowest BCUT2D eigenvalue weighted by molar-refractivity contribution is -0.140. The van der Waals surface area contributed by atoms with Gasteiger partial charge in [0.05, 0.1) is 16.7 Å². The van der Waals surface area contributed by atoms with E-state index in [0.29, 0.717) is 30.0 Å². The van der Waals surface area contributed by atoms with Crippen molar-refractivity contribution in [3.8, 4) is 22.5 Å². The van der Waals surface area contributed by atoms with Crippen molar-refractivity contribution in [3.63, 3.8) is 0 Å². The van der Waals surface area contributed by atoms with Gasteiger partial charge in [-0.15, -0.1) is 0 Å². The molecule has 3 aromatic carbocycles. The molecule has 1 saturated carbocycles. The molecule has 5 nitrogen and oxygen atoms in total. The van der Waals surface area contributed by atoms with Crippen LogP contribution in [0, 0.1) is 12.7 Å². The number of carboxylic acid groups (broad SMARTS) is 1. The number of aliphatic carboxylic acids is 1. The molecule has 4 aromatic rings. The number of rotatable bonds is 8. The summed E-state index contributed by atoms with van der Waals surface area (Å²) in [6.07, 6.45) is 0.720. The number of nitrogens with zero attached hydrogens (tertiary/aromatic N) is 1. The van der Waals surface area contributed by atoms with Gasteiger partial charge in [-0.05, 0) is 60.2 Å². The second kappa shape index (κ2) is 9.61. The van der Waals surface area contributed by atoms with E-state index in [9.17, 15) is 28.2 Å². The molecule has 0 amide bonds. The summed E-state index contributed by atoms with van der Waals surface area (Å²) in [6.45, 7) is 1.48. The fraction of sp³-hybridized carbons (Fsp3) is 0.200. The van der Waals surface area contributed by atoms with Gasteiger partial charge in [0, 0.05) is 5.56 Å². The topological polar surface area (TPSA) is 83.6 Å². The lowest BCUT2D eigenvalue weighted by atomic mass is 9.93. The van der Waals surface area contributed by atoms with Crippen molar-refractivity contribution in [2.24, 2.45) is 0 Å². The van der Waals surface area contributed by atoms with Crippen LogP contribution in [0.2, 0.25) is 0 Å². The second-order valence-corrected chi connectivity index (χ2v) is 9.51. The van der Waals surface area contributed by atoms with E-state index in [0.717, 1.165) is 34.9 Å². The third-order valence-electron chi connectivity index (χ3n) is 6.99. The van der Waals surface area contributed by atoms with E-state index in [1.807, 2.05) is 24.3 Å². The molecular formula is C30H24F3NO4. The summed E-state index contributed by atoms with van der Waals surface area (Å²) in [6, 6.07) is 19.3. The van der Waals surface area contributed by atoms with Gasteiger partial charge in [-0.3, -0.25) is 4.79 Å². The fourth-order valence-electron chi connectivity index (χ4n) is 4.52. The highest BCUT2D eigenvalue weighted by Gasteiger charge is 2.51. The van der Waals surface area contributed by atoms with Gasteiger partial charge in [0.15, 0.2) is 11.9 Å².